The molecule has 1 amide bonds. The number of ether oxygens (including phenoxy) is 1. The number of carbonyl (C=O) groups excluding carboxylic acids is 1. The Morgan fingerprint density at radius 3 is 2.19 bits per heavy atom. The first kappa shape index (κ1) is 16.8. The van der Waals surface area contributed by atoms with Crippen LogP contribution in [-0.4, -0.2) is 52.2 Å². The molecule has 0 bridgehead atoms. The Balaban J connectivity index is 2.80. The number of hydrogen-bond acceptors (Lipinski definition) is 4. The minimum absolute atomic E-state index is 0.255. The second-order valence-electron chi connectivity index (χ2n) is 4.17. The van der Waals surface area contributed by atoms with Gasteiger partial charge in [0.15, 0.2) is 6.10 Å². The van der Waals surface area contributed by atoms with Gasteiger partial charge in [-0.2, -0.15) is 0 Å². The molecule has 0 spiro atoms. The van der Waals surface area contributed by atoms with Gasteiger partial charge in [-0.05, 0) is 19.1 Å². The summed E-state index contributed by atoms with van der Waals surface area (Å²) in [6, 6.07) is 6.46. The second kappa shape index (κ2) is 7.49. The lowest BCUT2D eigenvalue weighted by Gasteiger charge is -2.23. The summed E-state index contributed by atoms with van der Waals surface area (Å²) in [6.07, 6.45) is -1.07. The molecule has 1 rings (SSSR count). The molecular weight excluding hydrogens is 302 g/mol. The van der Waals surface area contributed by atoms with Gasteiger partial charge in [-0.25, -0.2) is 0 Å². The Hall–Kier alpha value is -2.28. The molecule has 0 aliphatic rings. The van der Waals surface area contributed by atoms with Crippen LogP contribution in [0.2, 0.25) is 5.02 Å². The standard InChI is InChI=1S/C13H14ClNO6/c1-8(21-10-5-3-2-4-9(10)14)13(20)15(6-11(16)17)7-12(18)19/h2-5,8H,6-7H2,1H3,(H,16,17)(H,18,19). The average Bonchev–Trinajstić information content (AvgIpc) is 2.38. The minimum atomic E-state index is -1.31. The Morgan fingerprint density at radius 1 is 1.19 bits per heavy atom. The molecule has 21 heavy (non-hydrogen) atoms. The van der Waals surface area contributed by atoms with Gasteiger partial charge in [0.05, 0.1) is 5.02 Å². The Kier molecular flexibility index (Phi) is 5.98. The summed E-state index contributed by atoms with van der Waals surface area (Å²) in [6.45, 7) is -0.0505. The molecule has 0 saturated heterocycles. The zero-order valence-electron chi connectivity index (χ0n) is 11.2. The summed E-state index contributed by atoms with van der Waals surface area (Å²) in [5.74, 6) is -3.12. The number of para-hydroxylation sites is 1. The lowest BCUT2D eigenvalue weighted by molar-refractivity contribution is -0.152. The van der Waals surface area contributed by atoms with Crippen molar-refractivity contribution in [1.29, 1.82) is 0 Å². The number of benzene rings is 1. The maximum atomic E-state index is 12.1. The van der Waals surface area contributed by atoms with Crippen LogP contribution in [0.3, 0.4) is 0 Å². The molecule has 0 aromatic heterocycles. The second-order valence-corrected chi connectivity index (χ2v) is 4.58. The van der Waals surface area contributed by atoms with E-state index in [9.17, 15) is 14.4 Å². The van der Waals surface area contributed by atoms with Crippen molar-refractivity contribution in [3.63, 3.8) is 0 Å². The van der Waals surface area contributed by atoms with Gasteiger partial charge in [0.1, 0.15) is 18.8 Å². The molecule has 1 atom stereocenters. The van der Waals surface area contributed by atoms with Crippen molar-refractivity contribution >= 4 is 29.4 Å². The predicted molar refractivity (Wildman–Crippen MR) is 73.4 cm³/mol. The fourth-order valence-corrected chi connectivity index (χ4v) is 1.76. The molecule has 0 radical (unpaired) electrons. The maximum absolute atomic E-state index is 12.1. The normalized spacial score (nSPS) is 11.5. The van der Waals surface area contributed by atoms with Gasteiger partial charge < -0.3 is 19.8 Å². The number of carbonyl (C=O) groups is 3. The fourth-order valence-electron chi connectivity index (χ4n) is 1.58. The first-order valence-electron chi connectivity index (χ1n) is 5.94. The molecule has 0 saturated carbocycles. The maximum Gasteiger partial charge on any atom is 0.323 e. The quantitative estimate of drug-likeness (QED) is 0.781. The van der Waals surface area contributed by atoms with Gasteiger partial charge in [0.25, 0.3) is 5.91 Å². The monoisotopic (exact) mass is 315 g/mol. The lowest BCUT2D eigenvalue weighted by atomic mass is 10.3. The van der Waals surface area contributed by atoms with Crippen LogP contribution < -0.4 is 4.74 Å². The summed E-state index contributed by atoms with van der Waals surface area (Å²) < 4.78 is 5.34. The van der Waals surface area contributed by atoms with Crippen molar-refractivity contribution < 1.29 is 29.3 Å². The van der Waals surface area contributed by atoms with Crippen molar-refractivity contribution in [3.05, 3.63) is 29.3 Å². The summed E-state index contributed by atoms with van der Waals surface area (Å²) in [5.41, 5.74) is 0. The van der Waals surface area contributed by atoms with E-state index in [1.54, 1.807) is 24.3 Å². The van der Waals surface area contributed by atoms with Crippen LogP contribution in [0.1, 0.15) is 6.92 Å². The summed E-state index contributed by atoms with van der Waals surface area (Å²) in [7, 11) is 0. The van der Waals surface area contributed by atoms with Crippen molar-refractivity contribution in [1.82, 2.24) is 4.90 Å². The third-order valence-corrected chi connectivity index (χ3v) is 2.76. The van der Waals surface area contributed by atoms with Crippen LogP contribution in [0.5, 0.6) is 5.75 Å². The number of nitrogens with zero attached hydrogens (tertiary/aromatic N) is 1. The van der Waals surface area contributed by atoms with Gasteiger partial charge in [-0.1, -0.05) is 23.7 Å². The number of aliphatic carboxylic acids is 2. The molecule has 114 valence electrons. The SMILES string of the molecule is CC(Oc1ccccc1Cl)C(=O)N(CC(=O)O)CC(=O)O. The van der Waals surface area contributed by atoms with Crippen molar-refractivity contribution in [2.75, 3.05) is 13.1 Å². The Morgan fingerprint density at radius 2 is 1.71 bits per heavy atom. The van der Waals surface area contributed by atoms with Gasteiger partial charge in [-0.15, -0.1) is 0 Å². The number of carboxylic acids is 2. The molecule has 7 nitrogen and oxygen atoms in total. The van der Waals surface area contributed by atoms with Crippen LogP contribution in [0.25, 0.3) is 0 Å². The van der Waals surface area contributed by atoms with E-state index < -0.39 is 37.0 Å². The number of halogens is 1. The van der Waals surface area contributed by atoms with Crippen LogP contribution in [0, 0.1) is 0 Å². The highest BCUT2D eigenvalue weighted by Gasteiger charge is 2.26. The van der Waals surface area contributed by atoms with Crippen LogP contribution >= 0.6 is 11.6 Å². The van der Waals surface area contributed by atoms with E-state index >= 15 is 0 Å². The van der Waals surface area contributed by atoms with Crippen molar-refractivity contribution in [3.8, 4) is 5.75 Å². The van der Waals surface area contributed by atoms with Crippen LogP contribution in [0.15, 0.2) is 24.3 Å². The van der Waals surface area contributed by atoms with E-state index in [4.69, 9.17) is 26.6 Å². The molecule has 2 N–H and O–H groups in total. The minimum Gasteiger partial charge on any atom is -0.480 e. The van der Waals surface area contributed by atoms with Crippen LogP contribution in [0.4, 0.5) is 0 Å². The number of carboxylic acid groups (broad SMARTS) is 2. The highest BCUT2D eigenvalue weighted by atomic mass is 35.5. The van der Waals surface area contributed by atoms with E-state index in [0.717, 1.165) is 0 Å². The topological polar surface area (TPSA) is 104 Å². The smallest absolute Gasteiger partial charge is 0.323 e. The average molecular weight is 316 g/mol. The molecule has 0 fully saturated rings. The highest BCUT2D eigenvalue weighted by Crippen LogP contribution is 2.24. The highest BCUT2D eigenvalue weighted by molar-refractivity contribution is 6.32. The van der Waals surface area contributed by atoms with Gasteiger partial charge in [0, 0.05) is 0 Å². The Bertz CT molecular complexity index is 531. The first-order chi connectivity index (χ1) is 9.81. The molecule has 1 aromatic rings. The van der Waals surface area contributed by atoms with Gasteiger partial charge >= 0.3 is 11.9 Å². The first-order valence-corrected chi connectivity index (χ1v) is 6.32. The predicted octanol–water partition coefficient (Wildman–Crippen LogP) is 1.11. The largest absolute Gasteiger partial charge is 0.480 e. The lowest BCUT2D eigenvalue weighted by Crippen LogP contribution is -2.45. The summed E-state index contributed by atoms with van der Waals surface area (Å²) in [5, 5.41) is 17.7. The van der Waals surface area contributed by atoms with Crippen molar-refractivity contribution in [2.45, 2.75) is 13.0 Å². The third-order valence-electron chi connectivity index (χ3n) is 2.45. The van der Waals surface area contributed by atoms with E-state index in [-0.39, 0.29) is 5.75 Å². The molecule has 0 aliphatic carbocycles. The van der Waals surface area contributed by atoms with Gasteiger partial charge in [-0.3, -0.25) is 14.4 Å². The van der Waals surface area contributed by atoms with E-state index in [2.05, 4.69) is 0 Å². The summed E-state index contributed by atoms with van der Waals surface area (Å²) >= 11 is 5.88. The molecule has 0 heterocycles. The van der Waals surface area contributed by atoms with E-state index in [1.807, 2.05) is 0 Å². The molecule has 8 heteroatoms. The summed E-state index contributed by atoms with van der Waals surface area (Å²) in [4.78, 5) is 34.1. The number of amides is 1. The molecule has 0 aliphatic heterocycles. The molecular formula is C13H14ClNO6. The zero-order valence-corrected chi connectivity index (χ0v) is 11.9. The van der Waals surface area contributed by atoms with Crippen LogP contribution in [-0.2, 0) is 14.4 Å². The van der Waals surface area contributed by atoms with Crippen molar-refractivity contribution in [2.24, 2.45) is 0 Å². The number of rotatable bonds is 7. The molecule has 1 aromatic carbocycles. The zero-order chi connectivity index (χ0) is 16.0. The van der Waals surface area contributed by atoms with Gasteiger partial charge in [0.2, 0.25) is 0 Å². The fraction of sp³-hybridized carbons (Fsp3) is 0.308. The van der Waals surface area contributed by atoms with E-state index in [1.165, 1.54) is 6.92 Å². The molecule has 1 unspecified atom stereocenters. The third kappa shape index (κ3) is 5.31. The number of hydrogen-bond donors (Lipinski definition) is 2. The van der Waals surface area contributed by atoms with E-state index in [0.29, 0.717) is 9.92 Å². The Labute approximate surface area is 125 Å².